The van der Waals surface area contributed by atoms with Crippen molar-refractivity contribution in [2.45, 2.75) is 0 Å². The van der Waals surface area contributed by atoms with Crippen molar-refractivity contribution in [1.29, 1.82) is 0 Å². The van der Waals surface area contributed by atoms with E-state index in [9.17, 15) is 14.4 Å². The van der Waals surface area contributed by atoms with Gasteiger partial charge in [0.25, 0.3) is 0 Å². The van der Waals surface area contributed by atoms with Gasteiger partial charge in [0.05, 0.1) is 30.8 Å². The summed E-state index contributed by atoms with van der Waals surface area (Å²) in [5.41, 5.74) is 1.83. The number of hydrogen-bond acceptors (Lipinski definition) is 6. The van der Waals surface area contributed by atoms with Crippen molar-refractivity contribution in [3.8, 4) is 0 Å². The smallest absolute Gasteiger partial charge is 0.341 e. The summed E-state index contributed by atoms with van der Waals surface area (Å²) in [6.07, 6.45) is 1.70. The fourth-order valence-electron chi connectivity index (χ4n) is 4.26. The molecule has 3 heterocycles. The second-order valence-electron chi connectivity index (χ2n) is 7.54. The number of methoxy groups -OCH3 is 2. The van der Waals surface area contributed by atoms with E-state index in [0.717, 1.165) is 16.3 Å². The van der Waals surface area contributed by atoms with Crippen LogP contribution in [0, 0.1) is 0 Å². The molecule has 5 rings (SSSR count). The Balaban J connectivity index is 1.98. The molecule has 168 valence electrons. The highest BCUT2D eigenvalue weighted by molar-refractivity contribution is 6.30. The summed E-state index contributed by atoms with van der Waals surface area (Å²) in [5.74, 6) is -2.05. The molecule has 0 radical (unpaired) electrons. The number of halogens is 1. The third kappa shape index (κ3) is 3.21. The fourth-order valence-corrected chi connectivity index (χ4v) is 4.38. The van der Waals surface area contributed by atoms with Gasteiger partial charge in [-0.05, 0) is 48.5 Å². The third-order valence-electron chi connectivity index (χ3n) is 5.76. The standard InChI is InChI=1S/C26H17ClN2O5/c1-33-25(31)21-20-11-9-17-16-4-3-13-28-18(16)10-12-19(17)29(20)23(22(21)26(32)34-2)24(30)14-5-7-15(27)8-6-14/h3-13H,1-2H3. The van der Waals surface area contributed by atoms with Crippen molar-refractivity contribution in [1.82, 2.24) is 9.38 Å². The second kappa shape index (κ2) is 8.28. The molecule has 34 heavy (non-hydrogen) atoms. The first-order valence-corrected chi connectivity index (χ1v) is 10.7. The number of fused-ring (bicyclic) bond motifs is 5. The Labute approximate surface area is 198 Å². The number of carbonyl (C=O) groups excluding carboxylic acids is 3. The van der Waals surface area contributed by atoms with E-state index >= 15 is 0 Å². The van der Waals surface area contributed by atoms with Crippen LogP contribution in [-0.4, -0.2) is 41.3 Å². The van der Waals surface area contributed by atoms with Gasteiger partial charge in [0.15, 0.2) is 0 Å². The topological polar surface area (TPSA) is 87.0 Å². The quantitative estimate of drug-likeness (QED) is 0.205. The van der Waals surface area contributed by atoms with Crippen LogP contribution >= 0.6 is 11.6 Å². The summed E-state index contributed by atoms with van der Waals surface area (Å²) in [4.78, 5) is 44.0. The molecule has 8 heteroatoms. The van der Waals surface area contributed by atoms with Crippen molar-refractivity contribution in [3.05, 3.63) is 94.3 Å². The van der Waals surface area contributed by atoms with E-state index in [0.29, 0.717) is 21.6 Å². The fraction of sp³-hybridized carbons (Fsp3) is 0.0769. The van der Waals surface area contributed by atoms with E-state index in [1.165, 1.54) is 14.2 Å². The van der Waals surface area contributed by atoms with Gasteiger partial charge in [-0.15, -0.1) is 0 Å². The molecule has 0 saturated heterocycles. The first-order valence-electron chi connectivity index (χ1n) is 10.3. The number of carbonyl (C=O) groups is 3. The number of ether oxygens (including phenoxy) is 2. The van der Waals surface area contributed by atoms with Gasteiger partial charge < -0.3 is 13.9 Å². The summed E-state index contributed by atoms with van der Waals surface area (Å²) in [6.45, 7) is 0. The number of hydrogen-bond donors (Lipinski definition) is 0. The van der Waals surface area contributed by atoms with E-state index in [1.807, 2.05) is 24.3 Å². The van der Waals surface area contributed by atoms with E-state index in [4.69, 9.17) is 21.1 Å². The molecule has 0 aliphatic rings. The summed E-state index contributed by atoms with van der Waals surface area (Å²) in [7, 11) is 2.41. The van der Waals surface area contributed by atoms with Gasteiger partial charge >= 0.3 is 11.9 Å². The molecular formula is C26H17ClN2O5. The Morgan fingerprint density at radius 2 is 1.47 bits per heavy atom. The lowest BCUT2D eigenvalue weighted by molar-refractivity contribution is 0.0556. The Kier molecular flexibility index (Phi) is 5.26. The van der Waals surface area contributed by atoms with E-state index in [1.54, 1.807) is 47.0 Å². The normalized spacial score (nSPS) is 11.1. The zero-order chi connectivity index (χ0) is 24.0. The first-order chi connectivity index (χ1) is 16.5. The number of pyridine rings is 2. The molecule has 0 unspecified atom stereocenters. The van der Waals surface area contributed by atoms with Gasteiger partial charge in [0.1, 0.15) is 16.8 Å². The summed E-state index contributed by atoms with van der Waals surface area (Å²) < 4.78 is 11.6. The highest BCUT2D eigenvalue weighted by Crippen LogP contribution is 2.33. The van der Waals surface area contributed by atoms with E-state index in [-0.39, 0.29) is 16.8 Å². The number of ketones is 1. The minimum Gasteiger partial charge on any atom is -0.465 e. The van der Waals surface area contributed by atoms with Gasteiger partial charge in [-0.2, -0.15) is 0 Å². The third-order valence-corrected chi connectivity index (χ3v) is 6.01. The highest BCUT2D eigenvalue weighted by Gasteiger charge is 2.33. The van der Waals surface area contributed by atoms with Crippen LogP contribution in [0.2, 0.25) is 5.02 Å². The molecule has 0 amide bonds. The van der Waals surface area contributed by atoms with Crippen molar-refractivity contribution in [2.24, 2.45) is 0 Å². The van der Waals surface area contributed by atoms with Crippen molar-refractivity contribution in [3.63, 3.8) is 0 Å². The number of esters is 2. The van der Waals surface area contributed by atoms with Crippen LogP contribution in [0.1, 0.15) is 36.8 Å². The van der Waals surface area contributed by atoms with E-state index < -0.39 is 17.7 Å². The molecule has 0 bridgehead atoms. The predicted molar refractivity (Wildman–Crippen MR) is 128 cm³/mol. The zero-order valence-electron chi connectivity index (χ0n) is 18.2. The van der Waals surface area contributed by atoms with Gasteiger partial charge in [0.2, 0.25) is 5.78 Å². The van der Waals surface area contributed by atoms with Crippen LogP contribution in [0.3, 0.4) is 0 Å². The molecule has 0 aliphatic heterocycles. The zero-order valence-corrected chi connectivity index (χ0v) is 18.9. The lowest BCUT2D eigenvalue weighted by Gasteiger charge is -2.10. The minimum atomic E-state index is -0.822. The maximum atomic E-state index is 13.8. The van der Waals surface area contributed by atoms with Crippen molar-refractivity contribution < 1.29 is 23.9 Å². The van der Waals surface area contributed by atoms with Crippen LogP contribution in [-0.2, 0) is 9.47 Å². The molecule has 2 aromatic carbocycles. The SMILES string of the molecule is COC(=O)c1c(C(=O)OC)c2ccc3c4cccnc4ccc3n2c1C(=O)c1ccc(Cl)cc1. The van der Waals surface area contributed by atoms with Gasteiger partial charge in [-0.3, -0.25) is 9.78 Å². The predicted octanol–water partition coefficient (Wildman–Crippen LogP) is 5.10. The molecule has 0 N–H and O–H groups in total. The van der Waals surface area contributed by atoms with Gasteiger partial charge in [-0.25, -0.2) is 9.59 Å². The molecule has 3 aromatic heterocycles. The van der Waals surface area contributed by atoms with Crippen molar-refractivity contribution in [2.75, 3.05) is 14.2 Å². The van der Waals surface area contributed by atoms with Crippen LogP contribution in [0.4, 0.5) is 0 Å². The van der Waals surface area contributed by atoms with Crippen LogP contribution < -0.4 is 0 Å². The lowest BCUT2D eigenvalue weighted by atomic mass is 10.0. The maximum absolute atomic E-state index is 13.8. The van der Waals surface area contributed by atoms with E-state index in [2.05, 4.69) is 4.98 Å². The molecule has 7 nitrogen and oxygen atoms in total. The Hall–Kier alpha value is -4.23. The van der Waals surface area contributed by atoms with Crippen molar-refractivity contribution >= 4 is 56.6 Å². The lowest BCUT2D eigenvalue weighted by Crippen LogP contribution is -2.15. The van der Waals surface area contributed by atoms with Gasteiger partial charge in [0, 0.05) is 27.6 Å². The number of benzene rings is 2. The monoisotopic (exact) mass is 472 g/mol. The minimum absolute atomic E-state index is 0.00147. The molecular weight excluding hydrogens is 456 g/mol. The number of aromatic nitrogens is 2. The maximum Gasteiger partial charge on any atom is 0.341 e. The molecule has 0 spiro atoms. The molecule has 0 atom stereocenters. The van der Waals surface area contributed by atoms with Crippen LogP contribution in [0.25, 0.3) is 27.3 Å². The molecule has 0 aliphatic carbocycles. The number of nitrogens with zero attached hydrogens (tertiary/aromatic N) is 2. The van der Waals surface area contributed by atoms with Gasteiger partial charge in [-0.1, -0.05) is 23.7 Å². The van der Waals surface area contributed by atoms with Crippen LogP contribution in [0.5, 0.6) is 0 Å². The Morgan fingerprint density at radius 3 is 2.18 bits per heavy atom. The molecule has 5 aromatic rings. The highest BCUT2D eigenvalue weighted by atomic mass is 35.5. The molecule has 0 saturated carbocycles. The summed E-state index contributed by atoms with van der Waals surface area (Å²) in [6, 6.07) is 17.2. The Bertz CT molecular complexity index is 1640. The average molecular weight is 473 g/mol. The number of rotatable bonds is 4. The Morgan fingerprint density at radius 1 is 0.794 bits per heavy atom. The largest absolute Gasteiger partial charge is 0.465 e. The summed E-state index contributed by atoms with van der Waals surface area (Å²) in [5, 5.41) is 2.12. The van der Waals surface area contributed by atoms with Crippen LogP contribution in [0.15, 0.2) is 66.9 Å². The summed E-state index contributed by atoms with van der Waals surface area (Å²) >= 11 is 6.00. The first kappa shape index (κ1) is 21.6. The second-order valence-corrected chi connectivity index (χ2v) is 7.98. The average Bonchev–Trinajstić information content (AvgIpc) is 3.23. The molecule has 0 fully saturated rings.